The number of anilines is 1. The summed E-state index contributed by atoms with van der Waals surface area (Å²) in [6, 6.07) is 20.1. The molecule has 3 aromatic carbocycles. The molecule has 0 amide bonds. The molecule has 0 bridgehead atoms. The molecule has 26 heavy (non-hydrogen) atoms. The molecular formula is C21H18ClNO3. The summed E-state index contributed by atoms with van der Waals surface area (Å²) in [5.74, 6) is -0.569. The van der Waals surface area contributed by atoms with Gasteiger partial charge in [-0.05, 0) is 35.4 Å². The standard InChI is InChI=1S/C21H18ClNO3/c22-17-8-6-15(7-9-17)13-26-20-12-16(21(24)25)11-19(23)18(20)10-14-4-2-1-3-5-14/h1-9,11-12H,10,13,23H2,(H,24,25). The highest BCUT2D eigenvalue weighted by molar-refractivity contribution is 6.30. The lowest BCUT2D eigenvalue weighted by atomic mass is 10.00. The monoisotopic (exact) mass is 367 g/mol. The van der Waals surface area contributed by atoms with Crippen molar-refractivity contribution >= 4 is 23.3 Å². The van der Waals surface area contributed by atoms with Crippen molar-refractivity contribution in [3.8, 4) is 5.75 Å². The zero-order chi connectivity index (χ0) is 18.5. The summed E-state index contributed by atoms with van der Waals surface area (Å²) in [7, 11) is 0. The van der Waals surface area contributed by atoms with E-state index in [2.05, 4.69) is 0 Å². The molecule has 0 aromatic heterocycles. The molecule has 3 rings (SSSR count). The summed E-state index contributed by atoms with van der Waals surface area (Å²) in [5, 5.41) is 9.95. The Morgan fingerprint density at radius 3 is 2.35 bits per heavy atom. The minimum absolute atomic E-state index is 0.102. The van der Waals surface area contributed by atoms with Crippen LogP contribution in [-0.2, 0) is 13.0 Å². The highest BCUT2D eigenvalue weighted by Gasteiger charge is 2.15. The molecule has 4 nitrogen and oxygen atoms in total. The number of nitrogen functional groups attached to an aromatic ring is 1. The van der Waals surface area contributed by atoms with Crippen LogP contribution in [0.1, 0.15) is 27.0 Å². The number of hydrogen-bond donors (Lipinski definition) is 2. The van der Waals surface area contributed by atoms with E-state index in [9.17, 15) is 9.90 Å². The average molecular weight is 368 g/mol. The highest BCUT2D eigenvalue weighted by atomic mass is 35.5. The zero-order valence-corrected chi connectivity index (χ0v) is 14.7. The van der Waals surface area contributed by atoms with Crippen LogP contribution >= 0.6 is 11.6 Å². The quantitative estimate of drug-likeness (QED) is 0.614. The number of benzene rings is 3. The van der Waals surface area contributed by atoms with Crippen LogP contribution < -0.4 is 10.5 Å². The van der Waals surface area contributed by atoms with Gasteiger partial charge < -0.3 is 15.6 Å². The van der Waals surface area contributed by atoms with Gasteiger partial charge in [0.05, 0.1) is 5.56 Å². The summed E-state index contributed by atoms with van der Waals surface area (Å²) >= 11 is 5.90. The second-order valence-electron chi connectivity index (χ2n) is 5.92. The number of nitrogens with two attached hydrogens (primary N) is 1. The van der Waals surface area contributed by atoms with Crippen LogP contribution in [0.25, 0.3) is 0 Å². The summed E-state index contributed by atoms with van der Waals surface area (Å²) in [6.07, 6.45) is 0.558. The number of hydrogen-bond acceptors (Lipinski definition) is 3. The van der Waals surface area contributed by atoms with E-state index in [1.165, 1.54) is 12.1 Å². The second-order valence-corrected chi connectivity index (χ2v) is 6.36. The van der Waals surface area contributed by atoms with Gasteiger partial charge in [-0.15, -0.1) is 0 Å². The Morgan fingerprint density at radius 1 is 1.00 bits per heavy atom. The van der Waals surface area contributed by atoms with Gasteiger partial charge in [0.2, 0.25) is 0 Å². The zero-order valence-electron chi connectivity index (χ0n) is 14.0. The van der Waals surface area contributed by atoms with Crippen molar-refractivity contribution in [2.24, 2.45) is 0 Å². The van der Waals surface area contributed by atoms with E-state index < -0.39 is 5.97 Å². The molecule has 0 unspecified atom stereocenters. The number of carboxylic acid groups (broad SMARTS) is 1. The topological polar surface area (TPSA) is 72.6 Å². The number of aromatic carboxylic acids is 1. The van der Waals surface area contributed by atoms with Crippen molar-refractivity contribution in [1.29, 1.82) is 0 Å². The lowest BCUT2D eigenvalue weighted by Crippen LogP contribution is -2.06. The average Bonchev–Trinajstić information content (AvgIpc) is 2.64. The molecule has 3 N–H and O–H groups in total. The molecule has 0 saturated heterocycles. The predicted molar refractivity (Wildman–Crippen MR) is 103 cm³/mol. The minimum Gasteiger partial charge on any atom is -0.489 e. The molecule has 0 saturated carbocycles. The minimum atomic E-state index is -1.04. The number of ether oxygens (including phenoxy) is 1. The molecule has 132 valence electrons. The van der Waals surface area contributed by atoms with E-state index in [0.717, 1.165) is 16.7 Å². The molecule has 0 spiro atoms. The molecule has 0 heterocycles. The summed E-state index contributed by atoms with van der Waals surface area (Å²) < 4.78 is 5.92. The Bertz CT molecular complexity index is 909. The van der Waals surface area contributed by atoms with Crippen molar-refractivity contribution in [2.45, 2.75) is 13.0 Å². The van der Waals surface area contributed by atoms with E-state index in [4.69, 9.17) is 22.1 Å². The molecule has 0 radical (unpaired) electrons. The Labute approximate surface area is 156 Å². The Morgan fingerprint density at radius 2 is 1.69 bits per heavy atom. The normalized spacial score (nSPS) is 10.5. The van der Waals surface area contributed by atoms with Crippen LogP contribution in [0.4, 0.5) is 5.69 Å². The van der Waals surface area contributed by atoms with Crippen molar-refractivity contribution in [1.82, 2.24) is 0 Å². The Kier molecular flexibility index (Phi) is 5.44. The summed E-state index contributed by atoms with van der Waals surface area (Å²) in [5.41, 5.74) is 9.41. The van der Waals surface area contributed by atoms with Gasteiger partial charge in [0.15, 0.2) is 0 Å². The van der Waals surface area contributed by atoms with E-state index in [1.807, 2.05) is 42.5 Å². The summed E-state index contributed by atoms with van der Waals surface area (Å²) in [4.78, 5) is 11.4. The van der Waals surface area contributed by atoms with Gasteiger partial charge in [0.1, 0.15) is 12.4 Å². The van der Waals surface area contributed by atoms with Gasteiger partial charge >= 0.3 is 5.97 Å². The van der Waals surface area contributed by atoms with Crippen LogP contribution in [0.2, 0.25) is 5.02 Å². The smallest absolute Gasteiger partial charge is 0.335 e. The fraction of sp³-hybridized carbons (Fsp3) is 0.0952. The van der Waals surface area contributed by atoms with E-state index in [0.29, 0.717) is 29.5 Å². The molecule has 0 fully saturated rings. The molecule has 0 aliphatic heterocycles. The maximum absolute atomic E-state index is 11.4. The van der Waals surface area contributed by atoms with Gasteiger partial charge in [0.25, 0.3) is 0 Å². The van der Waals surface area contributed by atoms with Crippen LogP contribution in [0.5, 0.6) is 5.75 Å². The summed E-state index contributed by atoms with van der Waals surface area (Å²) in [6.45, 7) is 0.293. The van der Waals surface area contributed by atoms with Gasteiger partial charge in [-0.2, -0.15) is 0 Å². The molecule has 0 aliphatic carbocycles. The largest absolute Gasteiger partial charge is 0.489 e. The first-order valence-electron chi connectivity index (χ1n) is 8.10. The van der Waals surface area contributed by atoms with E-state index in [-0.39, 0.29) is 5.56 Å². The third kappa shape index (κ3) is 4.35. The Balaban J connectivity index is 1.91. The van der Waals surface area contributed by atoms with Crippen LogP contribution in [0, 0.1) is 0 Å². The Hall–Kier alpha value is -2.98. The fourth-order valence-corrected chi connectivity index (χ4v) is 2.78. The number of halogens is 1. The third-order valence-corrected chi connectivity index (χ3v) is 4.27. The lowest BCUT2D eigenvalue weighted by Gasteiger charge is -2.15. The van der Waals surface area contributed by atoms with Crippen LogP contribution in [0.15, 0.2) is 66.7 Å². The molecule has 0 atom stereocenters. The van der Waals surface area contributed by atoms with Gasteiger partial charge in [-0.3, -0.25) is 0 Å². The van der Waals surface area contributed by atoms with Crippen molar-refractivity contribution in [3.63, 3.8) is 0 Å². The fourth-order valence-electron chi connectivity index (χ4n) is 2.65. The first kappa shape index (κ1) is 17.8. The number of carbonyl (C=O) groups is 1. The van der Waals surface area contributed by atoms with Gasteiger partial charge in [-0.25, -0.2) is 4.79 Å². The van der Waals surface area contributed by atoms with Gasteiger partial charge in [0, 0.05) is 22.7 Å². The number of rotatable bonds is 6. The SMILES string of the molecule is Nc1cc(C(=O)O)cc(OCc2ccc(Cl)cc2)c1Cc1ccccc1. The molecule has 0 aliphatic rings. The van der Waals surface area contributed by atoms with Crippen LogP contribution in [-0.4, -0.2) is 11.1 Å². The van der Waals surface area contributed by atoms with Crippen molar-refractivity contribution in [2.75, 3.05) is 5.73 Å². The number of carboxylic acids is 1. The van der Waals surface area contributed by atoms with E-state index in [1.54, 1.807) is 12.1 Å². The van der Waals surface area contributed by atoms with Crippen LogP contribution in [0.3, 0.4) is 0 Å². The second kappa shape index (κ2) is 7.93. The maximum Gasteiger partial charge on any atom is 0.335 e. The first-order chi connectivity index (χ1) is 12.5. The highest BCUT2D eigenvalue weighted by Crippen LogP contribution is 2.30. The predicted octanol–water partition coefficient (Wildman–Crippen LogP) is 4.79. The van der Waals surface area contributed by atoms with E-state index >= 15 is 0 Å². The van der Waals surface area contributed by atoms with Crippen molar-refractivity contribution < 1.29 is 14.6 Å². The van der Waals surface area contributed by atoms with Crippen molar-refractivity contribution in [3.05, 3.63) is 94.0 Å². The molecule has 5 heteroatoms. The van der Waals surface area contributed by atoms with Gasteiger partial charge in [-0.1, -0.05) is 54.1 Å². The maximum atomic E-state index is 11.4. The third-order valence-electron chi connectivity index (χ3n) is 4.02. The molecular weight excluding hydrogens is 350 g/mol. The lowest BCUT2D eigenvalue weighted by molar-refractivity contribution is 0.0696. The first-order valence-corrected chi connectivity index (χ1v) is 8.47. The molecule has 3 aromatic rings.